The van der Waals surface area contributed by atoms with Crippen LogP contribution in [0.5, 0.6) is 0 Å². The highest BCUT2D eigenvalue weighted by Gasteiger charge is 2.35. The monoisotopic (exact) mass is 325 g/mol. The van der Waals surface area contributed by atoms with Gasteiger partial charge in [-0.2, -0.15) is 0 Å². The van der Waals surface area contributed by atoms with Gasteiger partial charge in [-0.1, -0.05) is 49.5 Å². The predicted octanol–water partition coefficient (Wildman–Crippen LogP) is 3.84. The Morgan fingerprint density at radius 3 is 2.24 bits per heavy atom. The molecule has 1 aliphatic carbocycles. The maximum atomic E-state index is 12.2. The fraction of sp³-hybridized carbons (Fsp3) is 0.467. The summed E-state index contributed by atoms with van der Waals surface area (Å²) in [4.78, 5) is 12.6. The third kappa shape index (κ3) is 4.32. The van der Waals surface area contributed by atoms with Crippen LogP contribution in [-0.2, 0) is 0 Å². The molecule has 0 radical (unpaired) electrons. The molecule has 1 saturated carbocycles. The van der Waals surface area contributed by atoms with Crippen molar-refractivity contribution in [2.24, 2.45) is 5.73 Å². The van der Waals surface area contributed by atoms with Crippen molar-refractivity contribution in [2.45, 2.75) is 44.1 Å². The second kappa shape index (κ2) is 7.09. The Morgan fingerprint density at radius 1 is 1.14 bits per heavy atom. The second-order valence-electron chi connectivity index (χ2n) is 5.45. The number of thiocarbonyl (C=S) groups is 1. The number of hydrogen-bond donors (Lipinski definition) is 3. The fourth-order valence-electron chi connectivity index (χ4n) is 2.68. The summed E-state index contributed by atoms with van der Waals surface area (Å²) >= 11 is 11.0. The van der Waals surface area contributed by atoms with Crippen molar-refractivity contribution in [2.75, 3.05) is 5.32 Å². The highest BCUT2D eigenvalue weighted by molar-refractivity contribution is 7.80. The van der Waals surface area contributed by atoms with E-state index in [1.807, 2.05) is 0 Å². The van der Waals surface area contributed by atoms with Crippen molar-refractivity contribution in [1.82, 2.24) is 5.32 Å². The lowest BCUT2D eigenvalue weighted by Crippen LogP contribution is -2.57. The van der Waals surface area contributed by atoms with E-state index in [1.165, 1.54) is 0 Å². The van der Waals surface area contributed by atoms with E-state index in [2.05, 4.69) is 10.6 Å². The average Bonchev–Trinajstić information content (AvgIpc) is 2.68. The van der Waals surface area contributed by atoms with Crippen LogP contribution in [0.3, 0.4) is 0 Å². The average molecular weight is 326 g/mol. The molecule has 1 aromatic rings. The highest BCUT2D eigenvalue weighted by Crippen LogP contribution is 2.27. The number of halogens is 1. The van der Waals surface area contributed by atoms with Gasteiger partial charge in [0, 0.05) is 10.7 Å². The number of carbonyl (C=O) groups is 1. The first kappa shape index (κ1) is 16.0. The molecule has 0 bridgehead atoms. The van der Waals surface area contributed by atoms with Crippen LogP contribution in [0.4, 0.5) is 10.5 Å². The number of nitrogens with one attached hydrogen (secondary N) is 2. The van der Waals surface area contributed by atoms with Crippen LogP contribution in [-0.4, -0.2) is 16.6 Å². The van der Waals surface area contributed by atoms with E-state index in [-0.39, 0.29) is 6.03 Å². The van der Waals surface area contributed by atoms with Crippen LogP contribution >= 0.6 is 23.8 Å². The Balaban J connectivity index is 2.04. The minimum atomic E-state index is -0.567. The zero-order valence-corrected chi connectivity index (χ0v) is 13.4. The summed E-state index contributed by atoms with van der Waals surface area (Å²) in [6.07, 6.45) is 5.97. The molecule has 2 amide bonds. The first-order valence-electron chi connectivity index (χ1n) is 7.16. The summed E-state index contributed by atoms with van der Waals surface area (Å²) in [6, 6.07) is 6.68. The fourth-order valence-corrected chi connectivity index (χ4v) is 3.06. The standard InChI is InChI=1S/C15H20ClN3OS/c16-11-5-7-12(8-6-11)18-14(20)19-15(13(17)21)9-3-1-2-4-10-15/h5-8H,1-4,9-10H2,(H2,17,21)(H2,18,19,20). The SMILES string of the molecule is NC(=S)C1(NC(=O)Nc2ccc(Cl)cc2)CCCCCC1. The molecule has 1 fully saturated rings. The van der Waals surface area contributed by atoms with Gasteiger partial charge in [-0.25, -0.2) is 4.79 Å². The van der Waals surface area contributed by atoms with Gasteiger partial charge in [0.05, 0.1) is 10.5 Å². The molecule has 2 rings (SSSR count). The van der Waals surface area contributed by atoms with E-state index in [0.29, 0.717) is 15.7 Å². The number of nitrogens with two attached hydrogens (primary N) is 1. The molecule has 6 heteroatoms. The van der Waals surface area contributed by atoms with Crippen molar-refractivity contribution >= 4 is 40.5 Å². The zero-order chi connectivity index (χ0) is 15.3. The summed E-state index contributed by atoms with van der Waals surface area (Å²) < 4.78 is 0. The summed E-state index contributed by atoms with van der Waals surface area (Å²) in [7, 11) is 0. The highest BCUT2D eigenvalue weighted by atomic mass is 35.5. The lowest BCUT2D eigenvalue weighted by atomic mass is 9.90. The largest absolute Gasteiger partial charge is 0.391 e. The van der Waals surface area contributed by atoms with Crippen LogP contribution in [0.15, 0.2) is 24.3 Å². The summed E-state index contributed by atoms with van der Waals surface area (Å²) in [5, 5.41) is 6.41. The predicted molar refractivity (Wildman–Crippen MR) is 90.8 cm³/mol. The topological polar surface area (TPSA) is 67.1 Å². The van der Waals surface area contributed by atoms with Crippen molar-refractivity contribution in [1.29, 1.82) is 0 Å². The molecule has 0 spiro atoms. The first-order chi connectivity index (χ1) is 10.0. The van der Waals surface area contributed by atoms with Crippen LogP contribution in [0.25, 0.3) is 0 Å². The number of rotatable bonds is 3. The van der Waals surface area contributed by atoms with E-state index in [4.69, 9.17) is 29.6 Å². The molecule has 0 heterocycles. The van der Waals surface area contributed by atoms with Crippen LogP contribution in [0.2, 0.25) is 5.02 Å². The Bertz CT molecular complexity index is 510. The molecule has 0 saturated heterocycles. The smallest absolute Gasteiger partial charge is 0.320 e. The van der Waals surface area contributed by atoms with E-state index in [0.717, 1.165) is 38.5 Å². The summed E-state index contributed by atoms with van der Waals surface area (Å²) in [5.41, 5.74) is 6.02. The van der Waals surface area contributed by atoms with Crippen molar-refractivity contribution in [3.8, 4) is 0 Å². The lowest BCUT2D eigenvalue weighted by Gasteiger charge is -2.32. The molecule has 21 heavy (non-hydrogen) atoms. The molecule has 0 unspecified atom stereocenters. The van der Waals surface area contributed by atoms with Gasteiger partial charge < -0.3 is 16.4 Å². The van der Waals surface area contributed by atoms with Crippen LogP contribution in [0.1, 0.15) is 38.5 Å². The Hall–Kier alpha value is -1.33. The minimum Gasteiger partial charge on any atom is -0.391 e. The molecule has 0 aliphatic heterocycles. The molecule has 4 N–H and O–H groups in total. The first-order valence-corrected chi connectivity index (χ1v) is 7.95. The molecule has 4 nitrogen and oxygen atoms in total. The van der Waals surface area contributed by atoms with Gasteiger partial charge in [0.15, 0.2) is 0 Å². The van der Waals surface area contributed by atoms with E-state index in [1.54, 1.807) is 24.3 Å². The normalized spacial score (nSPS) is 17.6. The molecule has 1 aromatic carbocycles. The maximum absolute atomic E-state index is 12.2. The van der Waals surface area contributed by atoms with Crippen molar-refractivity contribution in [3.63, 3.8) is 0 Å². The van der Waals surface area contributed by atoms with Gasteiger partial charge in [0.25, 0.3) is 0 Å². The number of anilines is 1. The lowest BCUT2D eigenvalue weighted by molar-refractivity contribution is 0.242. The summed E-state index contributed by atoms with van der Waals surface area (Å²) in [5.74, 6) is 0. The number of amides is 2. The van der Waals surface area contributed by atoms with E-state index >= 15 is 0 Å². The van der Waals surface area contributed by atoms with Crippen molar-refractivity contribution in [3.05, 3.63) is 29.3 Å². The second-order valence-corrected chi connectivity index (χ2v) is 6.32. The third-order valence-corrected chi connectivity index (χ3v) is 4.53. The molecular weight excluding hydrogens is 306 g/mol. The van der Waals surface area contributed by atoms with Gasteiger partial charge in [-0.05, 0) is 37.1 Å². The molecule has 114 valence electrons. The van der Waals surface area contributed by atoms with Gasteiger partial charge in [0.2, 0.25) is 0 Å². The third-order valence-electron chi connectivity index (χ3n) is 3.88. The number of carbonyl (C=O) groups excluding carboxylic acids is 1. The summed E-state index contributed by atoms with van der Waals surface area (Å²) in [6.45, 7) is 0. The Morgan fingerprint density at radius 2 is 1.71 bits per heavy atom. The van der Waals surface area contributed by atoms with Gasteiger partial charge in [-0.15, -0.1) is 0 Å². The van der Waals surface area contributed by atoms with Gasteiger partial charge >= 0.3 is 6.03 Å². The van der Waals surface area contributed by atoms with Crippen LogP contribution in [0, 0.1) is 0 Å². The number of benzene rings is 1. The Kier molecular flexibility index (Phi) is 5.42. The molecular formula is C15H20ClN3OS. The van der Waals surface area contributed by atoms with E-state index < -0.39 is 5.54 Å². The van der Waals surface area contributed by atoms with Crippen molar-refractivity contribution < 1.29 is 4.79 Å². The van der Waals surface area contributed by atoms with Gasteiger partial charge in [0.1, 0.15) is 0 Å². The molecule has 1 aliphatic rings. The molecule has 0 atom stereocenters. The number of urea groups is 1. The number of hydrogen-bond acceptors (Lipinski definition) is 2. The maximum Gasteiger partial charge on any atom is 0.320 e. The zero-order valence-electron chi connectivity index (χ0n) is 11.8. The van der Waals surface area contributed by atoms with Gasteiger partial charge in [-0.3, -0.25) is 0 Å². The minimum absolute atomic E-state index is 0.285. The van der Waals surface area contributed by atoms with E-state index in [9.17, 15) is 4.79 Å². The quantitative estimate of drug-likeness (QED) is 0.584. The van der Waals surface area contributed by atoms with Crippen LogP contribution < -0.4 is 16.4 Å². The Labute approximate surface area is 135 Å². The molecule has 0 aromatic heterocycles.